The highest BCUT2D eigenvalue weighted by Crippen LogP contribution is 2.25. The predicted octanol–water partition coefficient (Wildman–Crippen LogP) is 6.74. The Balaban J connectivity index is 2.19. The molecule has 0 aliphatic heterocycles. The van der Waals surface area contributed by atoms with E-state index in [1.54, 1.807) is 0 Å². The summed E-state index contributed by atoms with van der Waals surface area (Å²) in [4.78, 5) is 0. The molecule has 4 aromatic rings. The number of aryl methyl sites for hydroxylation is 12. The molecule has 0 heterocycles. The monoisotopic (exact) mass is 571 g/mol. The van der Waals surface area contributed by atoms with E-state index in [4.69, 9.17) is 0 Å². The van der Waals surface area contributed by atoms with Gasteiger partial charge in [-0.15, -0.1) is 0 Å². The number of nitrogens with zero attached hydrogens (tertiary/aromatic N) is 1. The Labute approximate surface area is 252 Å². The molecular formula is C38H45NSi2. The van der Waals surface area contributed by atoms with Gasteiger partial charge in [0.05, 0.1) is 11.2 Å². The molecule has 1 nitrogen and oxygen atoms in total. The van der Waals surface area contributed by atoms with E-state index in [0.29, 0.717) is 0 Å². The zero-order valence-electron chi connectivity index (χ0n) is 27.1. The van der Waals surface area contributed by atoms with Crippen LogP contribution in [0, 0.1) is 94.4 Å². The molecule has 0 unspecified atom stereocenters. The summed E-state index contributed by atoms with van der Waals surface area (Å²) < 4.78 is 0. The van der Waals surface area contributed by atoms with Gasteiger partial charge < -0.3 is 0 Å². The minimum absolute atomic E-state index is 0.106. The van der Waals surface area contributed by atoms with Gasteiger partial charge in [0.15, 0.2) is 0 Å². The van der Waals surface area contributed by atoms with Crippen molar-refractivity contribution in [3.8, 4) is 6.07 Å². The Morgan fingerprint density at radius 2 is 0.561 bits per heavy atom. The van der Waals surface area contributed by atoms with E-state index in [-0.39, 0.29) is 5.16 Å². The van der Waals surface area contributed by atoms with E-state index >= 15 is 0 Å². The van der Waals surface area contributed by atoms with Crippen LogP contribution in [0.25, 0.3) is 0 Å². The highest BCUT2D eigenvalue weighted by molar-refractivity contribution is 7.04. The molecule has 0 aliphatic carbocycles. The first-order valence-electron chi connectivity index (χ1n) is 14.7. The van der Waals surface area contributed by atoms with Crippen LogP contribution in [0.2, 0.25) is 5.16 Å². The lowest BCUT2D eigenvalue weighted by atomic mass is 10.1. The largest absolute Gasteiger partial charge is 0.199 e. The van der Waals surface area contributed by atoms with Gasteiger partial charge in [-0.25, -0.2) is 0 Å². The Hall–Kier alpha value is -3.20. The van der Waals surface area contributed by atoms with Gasteiger partial charge in [0.2, 0.25) is 0 Å². The molecule has 0 aliphatic rings. The molecule has 0 spiro atoms. The molecule has 41 heavy (non-hydrogen) atoms. The van der Waals surface area contributed by atoms with Crippen LogP contribution in [0.15, 0.2) is 48.5 Å². The molecule has 0 amide bonds. The quantitative estimate of drug-likeness (QED) is 0.235. The maximum Gasteiger partial charge on any atom is 0.138 e. The topological polar surface area (TPSA) is 23.8 Å². The molecule has 0 fully saturated rings. The minimum atomic E-state index is -1.54. The summed E-state index contributed by atoms with van der Waals surface area (Å²) in [7, 11) is -3.07. The third-order valence-electron chi connectivity index (χ3n) is 8.49. The number of rotatable bonds is 6. The Morgan fingerprint density at radius 1 is 0.390 bits per heavy atom. The summed E-state index contributed by atoms with van der Waals surface area (Å²) in [6.07, 6.45) is 0. The van der Waals surface area contributed by atoms with E-state index < -0.39 is 17.6 Å². The van der Waals surface area contributed by atoms with E-state index in [9.17, 15) is 5.26 Å². The van der Waals surface area contributed by atoms with Crippen LogP contribution in [0.4, 0.5) is 0 Å². The summed E-state index contributed by atoms with van der Waals surface area (Å²) in [5.74, 6) is 0. The number of hydrogen-bond acceptors (Lipinski definition) is 1. The van der Waals surface area contributed by atoms with Gasteiger partial charge in [-0.05, 0) is 104 Å². The van der Waals surface area contributed by atoms with Crippen molar-refractivity contribution in [1.29, 1.82) is 5.26 Å². The highest BCUT2D eigenvalue weighted by Gasteiger charge is 2.42. The Bertz CT molecular complexity index is 1360. The molecule has 0 atom stereocenters. The fourth-order valence-corrected chi connectivity index (χ4v) is 16.3. The van der Waals surface area contributed by atoms with Crippen molar-refractivity contribution in [2.75, 3.05) is 0 Å². The average molecular weight is 572 g/mol. The molecule has 0 bridgehead atoms. The number of nitriles is 1. The lowest BCUT2D eigenvalue weighted by Gasteiger charge is -2.34. The van der Waals surface area contributed by atoms with Gasteiger partial charge in [-0.3, -0.25) is 0 Å². The predicted molar refractivity (Wildman–Crippen MR) is 182 cm³/mol. The van der Waals surface area contributed by atoms with Crippen LogP contribution < -0.4 is 20.7 Å². The molecule has 2 radical (unpaired) electrons. The van der Waals surface area contributed by atoms with E-state index in [2.05, 4.69) is 138 Å². The van der Waals surface area contributed by atoms with E-state index in [1.165, 1.54) is 87.5 Å². The second kappa shape index (κ2) is 12.0. The van der Waals surface area contributed by atoms with Gasteiger partial charge in [-0.2, -0.15) is 5.26 Å². The Kier molecular flexibility index (Phi) is 8.97. The molecular weight excluding hydrogens is 527 g/mol. The summed E-state index contributed by atoms with van der Waals surface area (Å²) >= 11 is 0. The van der Waals surface area contributed by atoms with Crippen LogP contribution in [-0.4, -0.2) is 17.6 Å². The lowest BCUT2D eigenvalue weighted by Crippen LogP contribution is -2.61. The van der Waals surface area contributed by atoms with Crippen molar-refractivity contribution >= 4 is 38.3 Å². The molecule has 0 saturated carbocycles. The van der Waals surface area contributed by atoms with Gasteiger partial charge in [0, 0.05) is 0 Å². The van der Waals surface area contributed by atoms with Gasteiger partial charge >= 0.3 is 0 Å². The average Bonchev–Trinajstić information content (AvgIpc) is 2.81. The molecule has 0 aromatic heterocycles. The molecule has 0 N–H and O–H groups in total. The van der Waals surface area contributed by atoms with Crippen molar-refractivity contribution < 1.29 is 0 Å². The van der Waals surface area contributed by atoms with E-state index in [0.717, 1.165) is 0 Å². The Morgan fingerprint density at radius 3 is 0.707 bits per heavy atom. The maximum absolute atomic E-state index is 11.5. The van der Waals surface area contributed by atoms with Crippen molar-refractivity contribution in [1.82, 2.24) is 0 Å². The van der Waals surface area contributed by atoms with E-state index in [1.807, 2.05) is 0 Å². The van der Waals surface area contributed by atoms with Crippen LogP contribution >= 0.6 is 0 Å². The zero-order valence-corrected chi connectivity index (χ0v) is 29.1. The first kappa shape index (κ1) is 30.8. The minimum Gasteiger partial charge on any atom is -0.199 e. The van der Waals surface area contributed by atoms with Crippen LogP contribution in [0.1, 0.15) is 66.8 Å². The number of benzene rings is 4. The normalized spacial score (nSPS) is 11.6. The second-order valence-electron chi connectivity index (χ2n) is 12.5. The summed E-state index contributed by atoms with van der Waals surface area (Å²) in [5.41, 5.74) is 15.8. The third-order valence-corrected chi connectivity index (χ3v) is 16.9. The fourth-order valence-electron chi connectivity index (χ4n) is 7.52. The molecule has 0 saturated heterocycles. The molecule has 4 aromatic carbocycles. The standard InChI is InChI=1S/C38H45NSi2/c1-22-13-26(5)35(27(6)14-22)40(36-28(7)15-23(2)16-29(36)8)34(21-39)41(37-30(9)17-24(3)18-31(37)10)38-32(11)19-25(4)20-33(38)12/h13-20,34H,1-12H3. The third kappa shape index (κ3) is 5.92. The van der Waals surface area contributed by atoms with Crippen molar-refractivity contribution in [2.24, 2.45) is 0 Å². The van der Waals surface area contributed by atoms with Gasteiger partial charge in [0.25, 0.3) is 0 Å². The van der Waals surface area contributed by atoms with Crippen molar-refractivity contribution in [2.45, 2.75) is 88.2 Å². The second-order valence-corrected chi connectivity index (χ2v) is 17.9. The molecule has 4 rings (SSSR count). The summed E-state index contributed by atoms with van der Waals surface area (Å²) in [6, 6.07) is 21.7. The smallest absolute Gasteiger partial charge is 0.138 e. The molecule has 3 heteroatoms. The highest BCUT2D eigenvalue weighted by atomic mass is 28.3. The van der Waals surface area contributed by atoms with Gasteiger partial charge in [-0.1, -0.05) is 115 Å². The van der Waals surface area contributed by atoms with Crippen molar-refractivity contribution in [3.05, 3.63) is 115 Å². The molecule has 210 valence electrons. The van der Waals surface area contributed by atoms with Gasteiger partial charge in [0.1, 0.15) is 17.6 Å². The van der Waals surface area contributed by atoms with Crippen LogP contribution in [0.5, 0.6) is 0 Å². The lowest BCUT2D eigenvalue weighted by molar-refractivity contribution is 1.30. The SMILES string of the molecule is Cc1cc(C)c([Si](c2c(C)cc(C)cc2C)C(C#N)[Si](c2c(C)cc(C)cc2C)c2c(C)cc(C)cc2C)c(C)c1. The number of hydrogen-bond donors (Lipinski definition) is 0. The zero-order chi connectivity index (χ0) is 30.3. The summed E-state index contributed by atoms with van der Waals surface area (Å²) in [5, 5.41) is 17.1. The van der Waals surface area contributed by atoms with Crippen LogP contribution in [0.3, 0.4) is 0 Å². The van der Waals surface area contributed by atoms with Crippen LogP contribution in [-0.2, 0) is 0 Å². The first-order valence-corrected chi connectivity index (χ1v) is 17.9. The van der Waals surface area contributed by atoms with Crippen molar-refractivity contribution in [3.63, 3.8) is 0 Å². The first-order chi connectivity index (χ1) is 19.2. The fraction of sp³-hybridized carbons (Fsp3) is 0.342. The summed E-state index contributed by atoms with van der Waals surface area (Å²) in [6.45, 7) is 26.9. The maximum atomic E-state index is 11.5.